The summed E-state index contributed by atoms with van der Waals surface area (Å²) in [7, 11) is 2.93. The van der Waals surface area contributed by atoms with E-state index >= 15 is 0 Å². The van der Waals surface area contributed by atoms with Crippen LogP contribution in [0, 0.1) is 11.3 Å². The van der Waals surface area contributed by atoms with E-state index in [4.69, 9.17) is 14.7 Å². The number of amides is 1. The van der Waals surface area contributed by atoms with Gasteiger partial charge in [-0.3, -0.25) is 4.79 Å². The van der Waals surface area contributed by atoms with E-state index in [1.165, 1.54) is 18.4 Å². The molecule has 0 aliphatic heterocycles. The molecule has 2 aromatic carbocycles. The van der Waals surface area contributed by atoms with Crippen molar-refractivity contribution in [3.05, 3.63) is 64.0 Å². The highest BCUT2D eigenvalue weighted by molar-refractivity contribution is 7.16. The molecule has 142 valence electrons. The largest absolute Gasteiger partial charge is 0.465 e. The Kier molecular flexibility index (Phi) is 5.99. The van der Waals surface area contributed by atoms with Crippen LogP contribution in [0.2, 0.25) is 0 Å². The number of fused-ring (bicyclic) bond motifs is 1. The molecule has 3 aromatic rings. The maximum absolute atomic E-state index is 12.6. The Bertz CT molecular complexity index is 1140. The fourth-order valence-electron chi connectivity index (χ4n) is 2.64. The van der Waals surface area contributed by atoms with E-state index in [1.54, 1.807) is 49.6 Å². The molecule has 7 nitrogen and oxygen atoms in total. The summed E-state index contributed by atoms with van der Waals surface area (Å²) in [5.74, 6) is -0.832. The van der Waals surface area contributed by atoms with Crippen LogP contribution in [0.15, 0.2) is 47.5 Å². The monoisotopic (exact) mass is 395 g/mol. The number of carbonyl (C=O) groups excluding carboxylic acids is 2. The predicted octanol–water partition coefficient (Wildman–Crippen LogP) is 2.75. The lowest BCUT2D eigenvalue weighted by atomic mass is 10.1. The summed E-state index contributed by atoms with van der Waals surface area (Å²) in [5, 5.41) is 8.88. The summed E-state index contributed by atoms with van der Waals surface area (Å²) in [6, 6.07) is 13.5. The van der Waals surface area contributed by atoms with Crippen molar-refractivity contribution >= 4 is 33.4 Å². The Hall–Kier alpha value is -3.28. The molecule has 0 saturated carbocycles. The van der Waals surface area contributed by atoms with Crippen molar-refractivity contribution in [3.8, 4) is 6.07 Å². The second-order valence-electron chi connectivity index (χ2n) is 5.81. The van der Waals surface area contributed by atoms with Crippen molar-refractivity contribution in [2.45, 2.75) is 6.54 Å². The first-order chi connectivity index (χ1) is 13.6. The summed E-state index contributed by atoms with van der Waals surface area (Å²) >= 11 is 1.31. The molecule has 0 radical (unpaired) electrons. The van der Waals surface area contributed by atoms with Crippen LogP contribution in [0.5, 0.6) is 0 Å². The van der Waals surface area contributed by atoms with Gasteiger partial charge in [0, 0.05) is 19.2 Å². The molecule has 3 rings (SSSR count). The number of carbonyl (C=O) groups is 2. The Morgan fingerprint density at radius 2 is 1.86 bits per heavy atom. The molecule has 0 aliphatic rings. The fraction of sp³-hybridized carbons (Fsp3) is 0.200. The fourth-order valence-corrected chi connectivity index (χ4v) is 3.73. The molecule has 0 N–H and O–H groups in total. The molecule has 8 heteroatoms. The number of hydrogen-bond acceptors (Lipinski definition) is 6. The predicted molar refractivity (Wildman–Crippen MR) is 104 cm³/mol. The SMILES string of the molecule is COCCn1c(=NC(=O)c2ccc(C#N)cc2)sc2cc(C(=O)OC)ccc21. The Labute approximate surface area is 165 Å². The van der Waals surface area contributed by atoms with E-state index in [9.17, 15) is 9.59 Å². The van der Waals surface area contributed by atoms with Gasteiger partial charge in [0.15, 0.2) is 4.80 Å². The van der Waals surface area contributed by atoms with Gasteiger partial charge in [-0.15, -0.1) is 0 Å². The number of hydrogen-bond donors (Lipinski definition) is 0. The van der Waals surface area contributed by atoms with Crippen LogP contribution >= 0.6 is 11.3 Å². The van der Waals surface area contributed by atoms with Gasteiger partial charge in [0.05, 0.1) is 41.1 Å². The minimum atomic E-state index is -0.425. The maximum Gasteiger partial charge on any atom is 0.337 e. The second-order valence-corrected chi connectivity index (χ2v) is 6.82. The molecule has 1 amide bonds. The summed E-state index contributed by atoms with van der Waals surface area (Å²) in [5.41, 5.74) is 2.15. The lowest BCUT2D eigenvalue weighted by Crippen LogP contribution is -2.19. The molecule has 0 fully saturated rings. The van der Waals surface area contributed by atoms with Crippen LogP contribution in [0.4, 0.5) is 0 Å². The number of nitriles is 1. The van der Waals surface area contributed by atoms with Gasteiger partial charge in [-0.1, -0.05) is 11.3 Å². The lowest BCUT2D eigenvalue weighted by Gasteiger charge is -2.05. The van der Waals surface area contributed by atoms with Crippen molar-refractivity contribution in [3.63, 3.8) is 0 Å². The Morgan fingerprint density at radius 1 is 1.14 bits per heavy atom. The smallest absolute Gasteiger partial charge is 0.337 e. The van der Waals surface area contributed by atoms with Crippen LogP contribution in [0.1, 0.15) is 26.3 Å². The maximum atomic E-state index is 12.6. The number of thiazole rings is 1. The third-order valence-electron chi connectivity index (χ3n) is 4.08. The number of rotatable bonds is 5. The highest BCUT2D eigenvalue weighted by Gasteiger charge is 2.12. The van der Waals surface area contributed by atoms with Crippen molar-refractivity contribution < 1.29 is 19.1 Å². The molecule has 0 aliphatic carbocycles. The van der Waals surface area contributed by atoms with Crippen LogP contribution < -0.4 is 4.80 Å². The average molecular weight is 395 g/mol. The minimum absolute atomic E-state index is 0.394. The number of esters is 1. The molecular formula is C20H17N3O4S. The summed E-state index contributed by atoms with van der Waals surface area (Å²) in [4.78, 5) is 29.1. The van der Waals surface area contributed by atoms with Crippen molar-refractivity contribution in [1.82, 2.24) is 4.57 Å². The summed E-state index contributed by atoms with van der Waals surface area (Å²) in [6.07, 6.45) is 0. The van der Waals surface area contributed by atoms with Crippen LogP contribution in [-0.2, 0) is 16.0 Å². The zero-order chi connectivity index (χ0) is 20.1. The topological polar surface area (TPSA) is 93.7 Å². The first-order valence-electron chi connectivity index (χ1n) is 8.37. The van der Waals surface area contributed by atoms with E-state index in [0.717, 1.165) is 10.2 Å². The van der Waals surface area contributed by atoms with Gasteiger partial charge >= 0.3 is 5.97 Å². The Balaban J connectivity index is 2.08. The highest BCUT2D eigenvalue weighted by Crippen LogP contribution is 2.20. The molecule has 0 unspecified atom stereocenters. The third kappa shape index (κ3) is 4.01. The first kappa shape index (κ1) is 19.5. The zero-order valence-electron chi connectivity index (χ0n) is 15.3. The molecule has 1 heterocycles. The van der Waals surface area contributed by atoms with E-state index in [2.05, 4.69) is 4.99 Å². The average Bonchev–Trinajstić information content (AvgIpc) is 3.07. The first-order valence-corrected chi connectivity index (χ1v) is 9.19. The zero-order valence-corrected chi connectivity index (χ0v) is 16.2. The van der Waals surface area contributed by atoms with Gasteiger partial charge in [-0.25, -0.2) is 4.79 Å². The molecule has 1 aromatic heterocycles. The van der Waals surface area contributed by atoms with E-state index in [1.807, 2.05) is 10.6 Å². The molecular weight excluding hydrogens is 378 g/mol. The molecule has 0 saturated heterocycles. The van der Waals surface area contributed by atoms with Gasteiger partial charge in [0.2, 0.25) is 0 Å². The highest BCUT2D eigenvalue weighted by atomic mass is 32.1. The normalized spacial score (nSPS) is 11.4. The quantitative estimate of drug-likeness (QED) is 0.619. The van der Waals surface area contributed by atoms with E-state index in [-0.39, 0.29) is 0 Å². The third-order valence-corrected chi connectivity index (χ3v) is 5.12. The number of aromatic nitrogens is 1. The number of nitrogens with zero attached hydrogens (tertiary/aromatic N) is 3. The van der Waals surface area contributed by atoms with Gasteiger partial charge < -0.3 is 14.0 Å². The molecule has 0 bridgehead atoms. The van der Waals surface area contributed by atoms with Gasteiger partial charge in [0.1, 0.15) is 0 Å². The Morgan fingerprint density at radius 3 is 2.50 bits per heavy atom. The van der Waals surface area contributed by atoms with Gasteiger partial charge in [0.25, 0.3) is 5.91 Å². The standard InChI is InChI=1S/C20H17N3O4S/c1-26-10-9-23-16-8-7-15(19(25)27-2)11-17(16)28-20(23)22-18(24)14-5-3-13(12-21)4-6-14/h3-8,11H,9-10H2,1-2H3. The number of ether oxygens (including phenoxy) is 2. The minimum Gasteiger partial charge on any atom is -0.465 e. The van der Waals surface area contributed by atoms with Crippen molar-refractivity contribution in [2.24, 2.45) is 4.99 Å². The van der Waals surface area contributed by atoms with E-state index in [0.29, 0.717) is 34.6 Å². The summed E-state index contributed by atoms with van der Waals surface area (Å²) < 4.78 is 12.6. The number of benzene rings is 2. The molecule has 28 heavy (non-hydrogen) atoms. The second kappa shape index (κ2) is 8.61. The van der Waals surface area contributed by atoms with Gasteiger partial charge in [-0.2, -0.15) is 10.3 Å². The van der Waals surface area contributed by atoms with E-state index < -0.39 is 11.9 Å². The van der Waals surface area contributed by atoms with Crippen molar-refractivity contribution in [1.29, 1.82) is 5.26 Å². The van der Waals surface area contributed by atoms with Crippen LogP contribution in [0.3, 0.4) is 0 Å². The molecule has 0 atom stereocenters. The molecule has 0 spiro atoms. The van der Waals surface area contributed by atoms with Crippen molar-refractivity contribution in [2.75, 3.05) is 20.8 Å². The number of methoxy groups -OCH3 is 2. The van der Waals surface area contributed by atoms with Crippen LogP contribution in [-0.4, -0.2) is 37.3 Å². The lowest BCUT2D eigenvalue weighted by molar-refractivity contribution is 0.0600. The van der Waals surface area contributed by atoms with Crippen LogP contribution in [0.25, 0.3) is 10.2 Å². The van der Waals surface area contributed by atoms with Gasteiger partial charge in [-0.05, 0) is 42.5 Å². The summed E-state index contributed by atoms with van der Waals surface area (Å²) in [6.45, 7) is 0.955.